The van der Waals surface area contributed by atoms with Crippen molar-refractivity contribution in [3.8, 4) is 0 Å². The lowest BCUT2D eigenvalue weighted by Gasteiger charge is -2.23. The van der Waals surface area contributed by atoms with Gasteiger partial charge in [0.2, 0.25) is 0 Å². The number of ether oxygens (including phenoxy) is 3. The molecule has 0 N–H and O–H groups in total. The second kappa shape index (κ2) is 35.5. The molecule has 0 aliphatic carbocycles. The van der Waals surface area contributed by atoms with Crippen molar-refractivity contribution in [1.82, 2.24) is 4.90 Å². The van der Waals surface area contributed by atoms with E-state index in [1.165, 1.54) is 103 Å². The normalized spacial score (nSPS) is 12.1. The van der Waals surface area contributed by atoms with E-state index in [-0.39, 0.29) is 24.0 Å². The van der Waals surface area contributed by atoms with Gasteiger partial charge in [0.05, 0.1) is 30.5 Å². The van der Waals surface area contributed by atoms with Crippen LogP contribution < -0.4 is 0 Å². The Morgan fingerprint density at radius 1 is 0.473 bits per heavy atom. The van der Waals surface area contributed by atoms with Gasteiger partial charge in [-0.05, 0) is 93.2 Å². The zero-order valence-electron chi connectivity index (χ0n) is 38.0. The highest BCUT2D eigenvalue weighted by Gasteiger charge is 2.29. The molecule has 0 atom stereocenters. The van der Waals surface area contributed by atoms with E-state index >= 15 is 0 Å². The third kappa shape index (κ3) is 33.1. The van der Waals surface area contributed by atoms with E-state index in [1.54, 1.807) is 0 Å². The number of esters is 3. The lowest BCUT2D eigenvalue weighted by atomic mass is 9.86. The molecule has 0 heterocycles. The fraction of sp³-hybridized carbons (Fsp3) is 0.938. The standard InChI is InChI=1S/C48H93NO6/c1-9-11-13-15-17-19-21-23-25-33-41-53-45(51)47(3,4)38-31-27-29-35-43(55-44(50)37-40-49(7)8)36-30-28-32-39-48(5,6)46(52)54-42-34-26-24-22-20-18-16-14-12-10-2/h43H,9-42H2,1-8H3. The van der Waals surface area contributed by atoms with Crippen molar-refractivity contribution in [2.45, 2.75) is 247 Å². The van der Waals surface area contributed by atoms with Crippen LogP contribution in [0.25, 0.3) is 0 Å². The Morgan fingerprint density at radius 2 is 0.800 bits per heavy atom. The van der Waals surface area contributed by atoms with Gasteiger partial charge in [0.15, 0.2) is 0 Å². The summed E-state index contributed by atoms with van der Waals surface area (Å²) in [6, 6.07) is 0. The molecule has 326 valence electrons. The smallest absolute Gasteiger partial charge is 0.311 e. The van der Waals surface area contributed by atoms with Gasteiger partial charge < -0.3 is 19.1 Å². The van der Waals surface area contributed by atoms with E-state index in [0.717, 1.165) is 89.9 Å². The highest BCUT2D eigenvalue weighted by atomic mass is 16.5. The van der Waals surface area contributed by atoms with Crippen molar-refractivity contribution in [3.63, 3.8) is 0 Å². The summed E-state index contributed by atoms with van der Waals surface area (Å²) < 4.78 is 17.3. The van der Waals surface area contributed by atoms with Crippen LogP contribution in [0.4, 0.5) is 0 Å². The van der Waals surface area contributed by atoms with Crippen molar-refractivity contribution in [2.75, 3.05) is 33.9 Å². The first-order valence-electron chi connectivity index (χ1n) is 23.5. The first kappa shape index (κ1) is 53.4. The molecular formula is C48H93NO6. The predicted molar refractivity (Wildman–Crippen MR) is 232 cm³/mol. The van der Waals surface area contributed by atoms with E-state index in [0.29, 0.717) is 26.2 Å². The van der Waals surface area contributed by atoms with Crippen molar-refractivity contribution in [2.24, 2.45) is 10.8 Å². The number of hydrogen-bond donors (Lipinski definition) is 0. The number of carbonyl (C=O) groups excluding carboxylic acids is 3. The Balaban J connectivity index is 4.37. The first-order chi connectivity index (χ1) is 26.4. The van der Waals surface area contributed by atoms with Crippen molar-refractivity contribution < 1.29 is 28.6 Å². The van der Waals surface area contributed by atoms with Gasteiger partial charge >= 0.3 is 17.9 Å². The van der Waals surface area contributed by atoms with Gasteiger partial charge in [0, 0.05) is 6.54 Å². The van der Waals surface area contributed by atoms with Gasteiger partial charge in [-0.1, -0.05) is 155 Å². The van der Waals surface area contributed by atoms with Crippen molar-refractivity contribution >= 4 is 17.9 Å². The molecule has 0 unspecified atom stereocenters. The van der Waals surface area contributed by atoms with E-state index in [1.807, 2.05) is 46.7 Å². The maximum Gasteiger partial charge on any atom is 0.311 e. The largest absolute Gasteiger partial charge is 0.465 e. The molecule has 0 aliphatic heterocycles. The van der Waals surface area contributed by atoms with Gasteiger partial charge in [-0.25, -0.2) is 0 Å². The second-order valence-corrected chi connectivity index (χ2v) is 18.3. The zero-order chi connectivity index (χ0) is 41.0. The van der Waals surface area contributed by atoms with Crippen molar-refractivity contribution in [1.29, 1.82) is 0 Å². The molecule has 0 aromatic heterocycles. The maximum atomic E-state index is 12.8. The van der Waals surface area contributed by atoms with Crippen LogP contribution >= 0.6 is 0 Å². The molecule has 0 aromatic rings. The maximum absolute atomic E-state index is 12.8. The minimum absolute atomic E-state index is 0.0818. The van der Waals surface area contributed by atoms with Crippen LogP contribution in [0.2, 0.25) is 0 Å². The Bertz CT molecular complexity index is 856. The fourth-order valence-electron chi connectivity index (χ4n) is 7.16. The molecule has 0 fully saturated rings. The Morgan fingerprint density at radius 3 is 1.15 bits per heavy atom. The molecule has 7 nitrogen and oxygen atoms in total. The molecule has 0 radical (unpaired) electrons. The lowest BCUT2D eigenvalue weighted by Crippen LogP contribution is -2.27. The quantitative estimate of drug-likeness (QED) is 0.0348. The average molecular weight is 780 g/mol. The Labute approximate surface area is 341 Å². The summed E-state index contributed by atoms with van der Waals surface area (Å²) in [5.41, 5.74) is -0.965. The van der Waals surface area contributed by atoms with Crippen molar-refractivity contribution in [3.05, 3.63) is 0 Å². The zero-order valence-corrected chi connectivity index (χ0v) is 38.0. The van der Waals surface area contributed by atoms with Crippen LogP contribution in [0, 0.1) is 10.8 Å². The average Bonchev–Trinajstić information content (AvgIpc) is 3.14. The molecule has 0 rings (SSSR count). The molecule has 0 bridgehead atoms. The number of carbonyl (C=O) groups is 3. The SMILES string of the molecule is CCCCCCCCCCCCOC(=O)C(C)(C)CCCCCC(CCCCCC(C)(C)C(=O)OCCCCCCCCCCCC)OC(=O)CCN(C)C. The summed E-state index contributed by atoms with van der Waals surface area (Å²) >= 11 is 0. The number of unbranched alkanes of at least 4 members (excludes halogenated alkanes) is 22. The fourth-order valence-corrected chi connectivity index (χ4v) is 7.16. The third-order valence-electron chi connectivity index (χ3n) is 11.3. The van der Waals surface area contributed by atoms with Crippen LogP contribution in [-0.4, -0.2) is 62.8 Å². The van der Waals surface area contributed by atoms with Gasteiger partial charge in [-0.3, -0.25) is 14.4 Å². The Hall–Kier alpha value is -1.63. The molecule has 55 heavy (non-hydrogen) atoms. The van der Waals surface area contributed by atoms with Crippen LogP contribution in [0.5, 0.6) is 0 Å². The summed E-state index contributed by atoms with van der Waals surface area (Å²) in [7, 11) is 3.94. The van der Waals surface area contributed by atoms with Gasteiger partial charge in [0.1, 0.15) is 6.10 Å². The summed E-state index contributed by atoms with van der Waals surface area (Å²) in [6.07, 6.45) is 34.8. The monoisotopic (exact) mass is 780 g/mol. The van der Waals surface area contributed by atoms with Gasteiger partial charge in [-0.15, -0.1) is 0 Å². The number of nitrogens with zero attached hydrogens (tertiary/aromatic N) is 1. The minimum atomic E-state index is -0.482. The second-order valence-electron chi connectivity index (χ2n) is 18.3. The van der Waals surface area contributed by atoms with Crippen LogP contribution in [-0.2, 0) is 28.6 Å². The van der Waals surface area contributed by atoms with Gasteiger partial charge in [0.25, 0.3) is 0 Å². The molecule has 0 aromatic carbocycles. The summed E-state index contributed by atoms with van der Waals surface area (Å²) in [4.78, 5) is 40.3. The first-order valence-corrected chi connectivity index (χ1v) is 23.5. The summed E-state index contributed by atoms with van der Waals surface area (Å²) in [5, 5.41) is 0. The van der Waals surface area contributed by atoms with Crippen LogP contribution in [0.1, 0.15) is 241 Å². The molecule has 0 amide bonds. The third-order valence-corrected chi connectivity index (χ3v) is 11.3. The molecule has 0 spiro atoms. The summed E-state index contributed by atoms with van der Waals surface area (Å²) in [6.45, 7) is 14.3. The molecule has 0 aliphatic rings. The predicted octanol–water partition coefficient (Wildman–Crippen LogP) is 13.7. The van der Waals surface area contributed by atoms with E-state index in [4.69, 9.17) is 14.2 Å². The van der Waals surface area contributed by atoms with E-state index < -0.39 is 10.8 Å². The minimum Gasteiger partial charge on any atom is -0.465 e. The molecule has 0 saturated heterocycles. The van der Waals surface area contributed by atoms with Crippen LogP contribution in [0.3, 0.4) is 0 Å². The van der Waals surface area contributed by atoms with Gasteiger partial charge in [-0.2, -0.15) is 0 Å². The summed E-state index contributed by atoms with van der Waals surface area (Å²) in [5.74, 6) is -0.292. The van der Waals surface area contributed by atoms with E-state index in [2.05, 4.69) is 13.8 Å². The van der Waals surface area contributed by atoms with Crippen LogP contribution in [0.15, 0.2) is 0 Å². The molecule has 0 saturated carbocycles. The number of hydrogen-bond acceptors (Lipinski definition) is 7. The highest BCUT2D eigenvalue weighted by Crippen LogP contribution is 2.28. The van der Waals surface area contributed by atoms with E-state index in [9.17, 15) is 14.4 Å². The topological polar surface area (TPSA) is 82.1 Å². The highest BCUT2D eigenvalue weighted by molar-refractivity contribution is 5.76. The molecule has 7 heteroatoms. The number of rotatable bonds is 40. The molecular weight excluding hydrogens is 687 g/mol. The lowest BCUT2D eigenvalue weighted by molar-refractivity contribution is -0.155. The Kier molecular flexibility index (Phi) is 34.5.